The van der Waals surface area contributed by atoms with Crippen LogP contribution in [0.3, 0.4) is 0 Å². The maximum atomic E-state index is 12.1. The van der Waals surface area contributed by atoms with Gasteiger partial charge in [0.2, 0.25) is 5.91 Å². The predicted molar refractivity (Wildman–Crippen MR) is 95.5 cm³/mol. The van der Waals surface area contributed by atoms with Crippen LogP contribution in [0.4, 0.5) is 5.82 Å². The average Bonchev–Trinajstić information content (AvgIpc) is 3.16. The summed E-state index contributed by atoms with van der Waals surface area (Å²) in [6.45, 7) is 4.23. The highest BCUT2D eigenvalue weighted by Gasteiger charge is 2.20. The van der Waals surface area contributed by atoms with Gasteiger partial charge in [-0.15, -0.1) is 14.8 Å². The molecule has 134 valence electrons. The van der Waals surface area contributed by atoms with Crippen LogP contribution in [0.5, 0.6) is 0 Å². The third kappa shape index (κ3) is 3.77. The van der Waals surface area contributed by atoms with Crippen LogP contribution < -0.4 is 10.2 Å². The maximum absolute atomic E-state index is 12.1. The molecular formula is C17H20N8O. The lowest BCUT2D eigenvalue weighted by molar-refractivity contribution is -0.122. The van der Waals surface area contributed by atoms with E-state index in [0.717, 1.165) is 37.6 Å². The molecule has 0 radical (unpaired) electrons. The molecule has 4 rings (SSSR count). The lowest BCUT2D eigenvalue weighted by Gasteiger charge is -2.34. The molecule has 1 amide bonds. The number of hydrogen-bond acceptors (Lipinski definition) is 7. The molecule has 1 fully saturated rings. The molecule has 9 heteroatoms. The number of benzene rings is 1. The second kappa shape index (κ2) is 7.44. The van der Waals surface area contributed by atoms with E-state index in [1.54, 1.807) is 0 Å². The third-order valence-electron chi connectivity index (χ3n) is 4.45. The largest absolute Gasteiger partial charge is 0.353 e. The Labute approximate surface area is 150 Å². The fourth-order valence-corrected chi connectivity index (χ4v) is 3.00. The van der Waals surface area contributed by atoms with Crippen LogP contribution in [-0.4, -0.2) is 68.8 Å². The summed E-state index contributed by atoms with van der Waals surface area (Å²) in [6.07, 6.45) is 0. The summed E-state index contributed by atoms with van der Waals surface area (Å²) in [4.78, 5) is 16.5. The second-order valence-corrected chi connectivity index (χ2v) is 6.24. The van der Waals surface area contributed by atoms with Gasteiger partial charge < -0.3 is 10.2 Å². The minimum atomic E-state index is 0.0514. The van der Waals surface area contributed by atoms with Crippen molar-refractivity contribution in [2.45, 2.75) is 6.54 Å². The molecular weight excluding hydrogens is 332 g/mol. The number of rotatable bonds is 5. The molecule has 0 saturated carbocycles. The number of carbonyl (C=O) groups excluding carboxylic acids is 1. The maximum Gasteiger partial charge on any atom is 0.234 e. The van der Waals surface area contributed by atoms with Crippen molar-refractivity contribution in [2.75, 3.05) is 37.6 Å². The number of fused-ring (bicyclic) bond motifs is 1. The molecule has 0 unspecified atom stereocenters. The molecule has 1 aliphatic rings. The van der Waals surface area contributed by atoms with Gasteiger partial charge in [-0.1, -0.05) is 30.3 Å². The molecule has 2 aromatic heterocycles. The first-order valence-electron chi connectivity index (χ1n) is 8.61. The lowest BCUT2D eigenvalue weighted by Crippen LogP contribution is -2.49. The SMILES string of the molecule is O=C(CN1CCN(c2ccc3nnnn3n2)CC1)NCc1ccccc1. The van der Waals surface area contributed by atoms with Gasteiger partial charge in [-0.3, -0.25) is 9.69 Å². The zero-order valence-corrected chi connectivity index (χ0v) is 14.3. The number of aromatic nitrogens is 5. The highest BCUT2D eigenvalue weighted by molar-refractivity contribution is 5.78. The van der Waals surface area contributed by atoms with Gasteiger partial charge in [0.1, 0.15) is 0 Å². The number of anilines is 1. The first-order valence-corrected chi connectivity index (χ1v) is 8.61. The van der Waals surface area contributed by atoms with Crippen LogP contribution in [0.15, 0.2) is 42.5 Å². The number of amides is 1. The molecule has 9 nitrogen and oxygen atoms in total. The highest BCUT2D eigenvalue weighted by atomic mass is 16.2. The molecule has 0 bridgehead atoms. The van der Waals surface area contributed by atoms with Crippen molar-refractivity contribution in [1.29, 1.82) is 0 Å². The van der Waals surface area contributed by atoms with Crippen molar-refractivity contribution in [3.63, 3.8) is 0 Å². The van der Waals surface area contributed by atoms with Gasteiger partial charge in [0, 0.05) is 32.7 Å². The minimum absolute atomic E-state index is 0.0514. The van der Waals surface area contributed by atoms with Gasteiger partial charge in [0.25, 0.3) is 0 Å². The van der Waals surface area contributed by atoms with E-state index in [9.17, 15) is 4.79 Å². The van der Waals surface area contributed by atoms with Crippen molar-refractivity contribution < 1.29 is 4.79 Å². The average molecular weight is 352 g/mol. The quantitative estimate of drug-likeness (QED) is 0.689. The van der Waals surface area contributed by atoms with E-state index in [0.29, 0.717) is 18.7 Å². The Morgan fingerprint density at radius 1 is 1.04 bits per heavy atom. The number of nitrogens with zero attached hydrogens (tertiary/aromatic N) is 7. The Balaban J connectivity index is 1.26. The van der Waals surface area contributed by atoms with Crippen LogP contribution in [0, 0.1) is 0 Å². The molecule has 1 saturated heterocycles. The van der Waals surface area contributed by atoms with E-state index in [1.807, 2.05) is 42.5 Å². The summed E-state index contributed by atoms with van der Waals surface area (Å²) < 4.78 is 1.43. The lowest BCUT2D eigenvalue weighted by atomic mass is 10.2. The molecule has 0 spiro atoms. The molecule has 0 atom stereocenters. The van der Waals surface area contributed by atoms with E-state index in [-0.39, 0.29) is 5.91 Å². The first kappa shape index (κ1) is 16.4. The standard InChI is InChI=1S/C17H20N8O/c26-17(18-12-14-4-2-1-3-5-14)13-23-8-10-24(11-9-23)16-7-6-15-19-21-22-25(15)20-16/h1-7H,8-13H2,(H,18,26). The molecule has 3 aromatic rings. The van der Waals surface area contributed by atoms with Crippen molar-refractivity contribution in [3.8, 4) is 0 Å². The van der Waals surface area contributed by atoms with Gasteiger partial charge in [0.05, 0.1) is 6.54 Å². The third-order valence-corrected chi connectivity index (χ3v) is 4.45. The van der Waals surface area contributed by atoms with E-state index in [4.69, 9.17) is 0 Å². The van der Waals surface area contributed by atoms with E-state index in [1.165, 1.54) is 4.63 Å². The normalized spacial score (nSPS) is 15.3. The summed E-state index contributed by atoms with van der Waals surface area (Å²) in [5.41, 5.74) is 1.73. The molecule has 1 aromatic carbocycles. The summed E-state index contributed by atoms with van der Waals surface area (Å²) in [6, 6.07) is 13.7. The van der Waals surface area contributed by atoms with Gasteiger partial charge in [-0.25, -0.2) is 0 Å². The van der Waals surface area contributed by atoms with Crippen LogP contribution in [0.1, 0.15) is 5.56 Å². The van der Waals surface area contributed by atoms with Crippen LogP contribution in [-0.2, 0) is 11.3 Å². The summed E-state index contributed by atoms with van der Waals surface area (Å²) in [5, 5.41) is 18.7. The highest BCUT2D eigenvalue weighted by Crippen LogP contribution is 2.13. The van der Waals surface area contributed by atoms with E-state index < -0.39 is 0 Å². The molecule has 1 N–H and O–H groups in total. The Morgan fingerprint density at radius 3 is 2.65 bits per heavy atom. The summed E-state index contributed by atoms with van der Waals surface area (Å²) in [7, 11) is 0. The van der Waals surface area contributed by atoms with Gasteiger partial charge in [-0.2, -0.15) is 0 Å². The number of piperazine rings is 1. The van der Waals surface area contributed by atoms with Crippen molar-refractivity contribution in [3.05, 3.63) is 48.0 Å². The van der Waals surface area contributed by atoms with Crippen LogP contribution >= 0.6 is 0 Å². The minimum Gasteiger partial charge on any atom is -0.353 e. The summed E-state index contributed by atoms with van der Waals surface area (Å²) in [5.74, 6) is 0.897. The zero-order chi connectivity index (χ0) is 17.8. The monoisotopic (exact) mass is 352 g/mol. The fourth-order valence-electron chi connectivity index (χ4n) is 3.00. The fraction of sp³-hybridized carbons (Fsp3) is 0.353. The Morgan fingerprint density at radius 2 is 1.85 bits per heavy atom. The van der Waals surface area contributed by atoms with Gasteiger partial charge >= 0.3 is 0 Å². The number of carbonyl (C=O) groups is 1. The van der Waals surface area contributed by atoms with Gasteiger partial charge in [-0.05, 0) is 28.1 Å². The zero-order valence-electron chi connectivity index (χ0n) is 14.3. The number of hydrogen-bond donors (Lipinski definition) is 1. The van der Waals surface area contributed by atoms with Crippen molar-refractivity contribution in [2.24, 2.45) is 0 Å². The number of nitrogens with one attached hydrogen (secondary N) is 1. The van der Waals surface area contributed by atoms with Gasteiger partial charge in [0.15, 0.2) is 11.5 Å². The van der Waals surface area contributed by atoms with Crippen LogP contribution in [0.25, 0.3) is 5.65 Å². The Hall–Kier alpha value is -3.07. The molecule has 3 heterocycles. The smallest absolute Gasteiger partial charge is 0.234 e. The predicted octanol–water partition coefficient (Wildman–Crippen LogP) is -0.0423. The Bertz CT molecular complexity index is 873. The first-order chi connectivity index (χ1) is 12.8. The molecule has 1 aliphatic heterocycles. The topological polar surface area (TPSA) is 91.6 Å². The second-order valence-electron chi connectivity index (χ2n) is 6.24. The number of tetrazole rings is 1. The van der Waals surface area contributed by atoms with Crippen molar-refractivity contribution >= 4 is 17.4 Å². The van der Waals surface area contributed by atoms with Crippen molar-refractivity contribution in [1.82, 2.24) is 35.5 Å². The Kier molecular flexibility index (Phi) is 4.69. The molecule has 26 heavy (non-hydrogen) atoms. The van der Waals surface area contributed by atoms with E-state index in [2.05, 4.69) is 35.7 Å². The van der Waals surface area contributed by atoms with Crippen LogP contribution in [0.2, 0.25) is 0 Å². The molecule has 0 aliphatic carbocycles. The van der Waals surface area contributed by atoms with E-state index >= 15 is 0 Å². The summed E-state index contributed by atoms with van der Waals surface area (Å²) >= 11 is 0.